The zero-order valence-corrected chi connectivity index (χ0v) is 8.01. The van der Waals surface area contributed by atoms with E-state index in [1.54, 1.807) is 7.11 Å². The second kappa shape index (κ2) is 4.61. The molecule has 0 aromatic carbocycles. The van der Waals surface area contributed by atoms with Crippen LogP contribution in [-0.2, 0) is 9.53 Å². The van der Waals surface area contributed by atoms with Gasteiger partial charge in [0, 0.05) is 19.4 Å². The molecule has 1 aliphatic rings. The molecule has 0 aromatic heterocycles. The number of methoxy groups -OCH3 is 1. The minimum Gasteiger partial charge on any atom is -0.381 e. The third-order valence-electron chi connectivity index (χ3n) is 2.77. The maximum Gasteiger partial charge on any atom is 0.138 e. The van der Waals surface area contributed by atoms with Gasteiger partial charge < -0.3 is 4.74 Å². The first kappa shape index (κ1) is 9.72. The van der Waals surface area contributed by atoms with Gasteiger partial charge in [0.25, 0.3) is 0 Å². The molecule has 0 heterocycles. The predicted octanol–water partition coefficient (Wildman–Crippen LogP) is 2.17. The Kier molecular flexibility index (Phi) is 3.73. The van der Waals surface area contributed by atoms with Crippen LogP contribution in [0.5, 0.6) is 0 Å². The van der Waals surface area contributed by atoms with E-state index >= 15 is 0 Å². The molecule has 0 amide bonds. The Bertz CT molecular complexity index is 154. The fraction of sp³-hybridized carbons (Fsp3) is 0.900. The number of ketones is 1. The van der Waals surface area contributed by atoms with Crippen molar-refractivity contribution in [3.8, 4) is 0 Å². The predicted molar refractivity (Wildman–Crippen MR) is 48.1 cm³/mol. The Balaban J connectivity index is 2.52. The largest absolute Gasteiger partial charge is 0.381 e. The Morgan fingerprint density at radius 3 is 2.67 bits per heavy atom. The summed E-state index contributed by atoms with van der Waals surface area (Å²) in [5, 5.41) is 0. The van der Waals surface area contributed by atoms with E-state index in [2.05, 4.69) is 0 Å². The fourth-order valence-electron chi connectivity index (χ4n) is 2.01. The van der Waals surface area contributed by atoms with Gasteiger partial charge in [0.2, 0.25) is 0 Å². The van der Waals surface area contributed by atoms with Crippen LogP contribution in [0.25, 0.3) is 0 Å². The van der Waals surface area contributed by atoms with Gasteiger partial charge in [-0.15, -0.1) is 0 Å². The molecule has 2 heteroatoms. The molecule has 0 spiro atoms. The zero-order chi connectivity index (χ0) is 8.97. The fourth-order valence-corrected chi connectivity index (χ4v) is 2.01. The minimum absolute atomic E-state index is 0.189. The molecule has 12 heavy (non-hydrogen) atoms. The summed E-state index contributed by atoms with van der Waals surface area (Å²) in [7, 11) is 1.71. The van der Waals surface area contributed by atoms with E-state index in [0.717, 1.165) is 12.8 Å². The van der Waals surface area contributed by atoms with Crippen LogP contribution >= 0.6 is 0 Å². The third kappa shape index (κ3) is 2.07. The summed E-state index contributed by atoms with van der Waals surface area (Å²) in [4.78, 5) is 11.5. The summed E-state index contributed by atoms with van der Waals surface area (Å²) < 4.78 is 5.31. The summed E-state index contributed by atoms with van der Waals surface area (Å²) >= 11 is 0. The Hall–Kier alpha value is -0.370. The summed E-state index contributed by atoms with van der Waals surface area (Å²) in [6.45, 7) is 1.93. The minimum atomic E-state index is 0.189. The van der Waals surface area contributed by atoms with Crippen molar-refractivity contribution >= 4 is 5.78 Å². The SMILES string of the molecule is CCC(=O)C1CCCCC1OC. The van der Waals surface area contributed by atoms with Crippen LogP contribution in [0.1, 0.15) is 39.0 Å². The first-order valence-corrected chi connectivity index (χ1v) is 4.85. The average Bonchev–Trinajstić information content (AvgIpc) is 2.16. The number of ether oxygens (including phenoxy) is 1. The molecular formula is C10H18O2. The lowest BCUT2D eigenvalue weighted by molar-refractivity contribution is -0.128. The highest BCUT2D eigenvalue weighted by atomic mass is 16.5. The van der Waals surface area contributed by atoms with Crippen molar-refractivity contribution in [2.24, 2.45) is 5.92 Å². The van der Waals surface area contributed by atoms with Gasteiger partial charge in [0.1, 0.15) is 5.78 Å². The number of carbonyl (C=O) groups is 1. The molecule has 2 nitrogen and oxygen atoms in total. The van der Waals surface area contributed by atoms with Crippen LogP contribution in [-0.4, -0.2) is 19.0 Å². The topological polar surface area (TPSA) is 26.3 Å². The van der Waals surface area contributed by atoms with Crippen molar-refractivity contribution in [2.45, 2.75) is 45.1 Å². The van der Waals surface area contributed by atoms with Gasteiger partial charge in [-0.05, 0) is 12.8 Å². The maximum absolute atomic E-state index is 11.5. The Morgan fingerprint density at radius 1 is 1.42 bits per heavy atom. The van der Waals surface area contributed by atoms with Crippen molar-refractivity contribution in [1.29, 1.82) is 0 Å². The molecule has 0 bridgehead atoms. The highest BCUT2D eigenvalue weighted by Gasteiger charge is 2.29. The molecule has 0 radical (unpaired) electrons. The van der Waals surface area contributed by atoms with Crippen molar-refractivity contribution in [3.63, 3.8) is 0 Å². The van der Waals surface area contributed by atoms with Crippen LogP contribution in [0.4, 0.5) is 0 Å². The lowest BCUT2D eigenvalue weighted by Gasteiger charge is -2.28. The van der Waals surface area contributed by atoms with Gasteiger partial charge in [-0.3, -0.25) is 4.79 Å². The lowest BCUT2D eigenvalue weighted by Crippen LogP contribution is -2.32. The van der Waals surface area contributed by atoms with Crippen molar-refractivity contribution in [1.82, 2.24) is 0 Å². The molecule has 0 aliphatic heterocycles. The molecule has 1 fully saturated rings. The number of rotatable bonds is 3. The number of Topliss-reactive ketones (excluding diaryl/α,β-unsaturated/α-hetero) is 1. The van der Waals surface area contributed by atoms with Crippen LogP contribution < -0.4 is 0 Å². The second-order valence-corrected chi connectivity index (χ2v) is 3.48. The van der Waals surface area contributed by atoms with Gasteiger partial charge in [-0.2, -0.15) is 0 Å². The molecule has 2 atom stereocenters. The monoisotopic (exact) mass is 170 g/mol. The third-order valence-corrected chi connectivity index (χ3v) is 2.77. The molecule has 70 valence electrons. The van der Waals surface area contributed by atoms with Crippen molar-refractivity contribution in [2.75, 3.05) is 7.11 Å². The number of carbonyl (C=O) groups excluding carboxylic acids is 1. The summed E-state index contributed by atoms with van der Waals surface area (Å²) in [6, 6.07) is 0. The highest BCUT2D eigenvalue weighted by molar-refractivity contribution is 5.81. The van der Waals surface area contributed by atoms with Gasteiger partial charge >= 0.3 is 0 Å². The summed E-state index contributed by atoms with van der Waals surface area (Å²) in [6.07, 6.45) is 5.36. The number of hydrogen-bond donors (Lipinski definition) is 0. The van der Waals surface area contributed by atoms with Crippen LogP contribution in [0, 0.1) is 5.92 Å². The van der Waals surface area contributed by atoms with Crippen LogP contribution in [0.3, 0.4) is 0 Å². The molecule has 1 saturated carbocycles. The van der Waals surface area contributed by atoms with E-state index in [-0.39, 0.29) is 12.0 Å². The quantitative estimate of drug-likeness (QED) is 0.649. The summed E-state index contributed by atoms with van der Waals surface area (Å²) in [5.74, 6) is 0.565. The Labute approximate surface area is 74.3 Å². The van der Waals surface area contributed by atoms with Crippen LogP contribution in [0.2, 0.25) is 0 Å². The number of hydrogen-bond acceptors (Lipinski definition) is 2. The van der Waals surface area contributed by atoms with E-state index in [0.29, 0.717) is 12.2 Å². The molecule has 2 unspecified atom stereocenters. The van der Waals surface area contributed by atoms with Gasteiger partial charge in [-0.1, -0.05) is 19.8 Å². The molecule has 0 aromatic rings. The van der Waals surface area contributed by atoms with Gasteiger partial charge in [0.15, 0.2) is 0 Å². The van der Waals surface area contributed by atoms with Gasteiger partial charge in [0.05, 0.1) is 6.10 Å². The van der Waals surface area contributed by atoms with Crippen molar-refractivity contribution in [3.05, 3.63) is 0 Å². The molecule has 0 saturated heterocycles. The Morgan fingerprint density at radius 2 is 2.08 bits per heavy atom. The van der Waals surface area contributed by atoms with Gasteiger partial charge in [-0.25, -0.2) is 0 Å². The van der Waals surface area contributed by atoms with E-state index < -0.39 is 0 Å². The second-order valence-electron chi connectivity index (χ2n) is 3.48. The molecular weight excluding hydrogens is 152 g/mol. The molecule has 1 aliphatic carbocycles. The van der Waals surface area contributed by atoms with E-state index in [4.69, 9.17) is 4.74 Å². The van der Waals surface area contributed by atoms with E-state index in [1.165, 1.54) is 12.8 Å². The zero-order valence-electron chi connectivity index (χ0n) is 8.01. The van der Waals surface area contributed by atoms with E-state index in [9.17, 15) is 4.79 Å². The van der Waals surface area contributed by atoms with E-state index in [1.807, 2.05) is 6.92 Å². The maximum atomic E-state index is 11.5. The average molecular weight is 170 g/mol. The van der Waals surface area contributed by atoms with Crippen molar-refractivity contribution < 1.29 is 9.53 Å². The molecule has 1 rings (SSSR count). The highest BCUT2D eigenvalue weighted by Crippen LogP contribution is 2.27. The first-order chi connectivity index (χ1) is 5.79. The standard InChI is InChI=1S/C10H18O2/c1-3-9(11)8-6-4-5-7-10(8)12-2/h8,10H,3-7H2,1-2H3. The summed E-state index contributed by atoms with van der Waals surface area (Å²) in [5.41, 5.74) is 0. The van der Waals surface area contributed by atoms with Crippen LogP contribution in [0.15, 0.2) is 0 Å². The lowest BCUT2D eigenvalue weighted by atomic mass is 9.83. The smallest absolute Gasteiger partial charge is 0.138 e. The first-order valence-electron chi connectivity index (χ1n) is 4.85. The molecule has 0 N–H and O–H groups in total. The normalized spacial score (nSPS) is 30.2.